The van der Waals surface area contributed by atoms with Gasteiger partial charge in [-0.25, -0.2) is 0 Å². The molecule has 0 spiro atoms. The van der Waals surface area contributed by atoms with E-state index >= 15 is 0 Å². The number of nitrogens with one attached hydrogen (secondary N) is 1. The van der Waals surface area contributed by atoms with Crippen molar-refractivity contribution in [1.29, 1.82) is 0 Å². The molecular weight excluding hydrogens is 184 g/mol. The molecule has 0 atom stereocenters. The molecule has 0 unspecified atom stereocenters. The van der Waals surface area contributed by atoms with Crippen LogP contribution in [0.3, 0.4) is 0 Å². The number of rotatable bonds is 4. The lowest BCUT2D eigenvalue weighted by Crippen LogP contribution is -2.53. The monoisotopic (exact) mass is 198 g/mol. The number of amides is 1. The zero-order valence-electron chi connectivity index (χ0n) is 7.90. The first-order chi connectivity index (χ1) is 6.68. The molecule has 1 heterocycles. The Kier molecular flexibility index (Phi) is 2.41. The van der Waals surface area contributed by atoms with Gasteiger partial charge in [0.15, 0.2) is 0 Å². The number of carboxylic acids is 1. The fourth-order valence-electron chi connectivity index (χ4n) is 1.62. The van der Waals surface area contributed by atoms with E-state index in [2.05, 4.69) is 5.32 Å². The van der Waals surface area contributed by atoms with Crippen molar-refractivity contribution in [2.24, 2.45) is 5.92 Å². The van der Waals surface area contributed by atoms with Gasteiger partial charge in [0, 0.05) is 19.1 Å². The van der Waals surface area contributed by atoms with Gasteiger partial charge in [0.25, 0.3) is 0 Å². The second-order valence-electron chi connectivity index (χ2n) is 3.95. The van der Waals surface area contributed by atoms with Crippen molar-refractivity contribution in [1.82, 2.24) is 10.2 Å². The topological polar surface area (TPSA) is 69.6 Å². The van der Waals surface area contributed by atoms with E-state index in [-0.39, 0.29) is 24.4 Å². The molecule has 5 nitrogen and oxygen atoms in total. The van der Waals surface area contributed by atoms with E-state index in [0.29, 0.717) is 13.1 Å². The summed E-state index contributed by atoms with van der Waals surface area (Å²) in [5.74, 6) is -0.902. The molecule has 5 heteroatoms. The molecule has 14 heavy (non-hydrogen) atoms. The van der Waals surface area contributed by atoms with Crippen molar-refractivity contribution in [3.63, 3.8) is 0 Å². The average molecular weight is 198 g/mol. The standard InChI is InChI=1S/C9H14N2O3/c12-8(13)5-11(7-1-2-7)9(14)6-3-10-4-6/h6-7,10H,1-5H2,(H,12,13). The third-order valence-electron chi connectivity index (χ3n) is 2.71. The van der Waals surface area contributed by atoms with E-state index in [4.69, 9.17) is 5.11 Å². The van der Waals surface area contributed by atoms with Gasteiger partial charge in [-0.1, -0.05) is 0 Å². The van der Waals surface area contributed by atoms with E-state index in [9.17, 15) is 9.59 Å². The number of carboxylic acid groups (broad SMARTS) is 1. The normalized spacial score (nSPS) is 21.4. The highest BCUT2D eigenvalue weighted by atomic mass is 16.4. The second kappa shape index (κ2) is 3.57. The zero-order chi connectivity index (χ0) is 10.1. The summed E-state index contributed by atoms with van der Waals surface area (Å²) in [6.07, 6.45) is 1.92. The van der Waals surface area contributed by atoms with Crippen molar-refractivity contribution >= 4 is 11.9 Å². The van der Waals surface area contributed by atoms with E-state index in [1.54, 1.807) is 0 Å². The summed E-state index contributed by atoms with van der Waals surface area (Å²) in [4.78, 5) is 23.9. The Hall–Kier alpha value is -1.10. The van der Waals surface area contributed by atoms with Gasteiger partial charge in [0.2, 0.25) is 5.91 Å². The third kappa shape index (κ3) is 1.87. The van der Waals surface area contributed by atoms with Gasteiger partial charge in [-0.05, 0) is 12.8 Å². The van der Waals surface area contributed by atoms with Crippen LogP contribution in [0.5, 0.6) is 0 Å². The molecular formula is C9H14N2O3. The van der Waals surface area contributed by atoms with E-state index in [0.717, 1.165) is 12.8 Å². The summed E-state index contributed by atoms with van der Waals surface area (Å²) >= 11 is 0. The first kappa shape index (κ1) is 9.45. The van der Waals surface area contributed by atoms with Gasteiger partial charge >= 0.3 is 5.97 Å². The predicted octanol–water partition coefficient (Wildman–Crippen LogP) is -0.719. The quantitative estimate of drug-likeness (QED) is 0.625. The molecule has 0 aromatic carbocycles. The largest absolute Gasteiger partial charge is 0.480 e. The van der Waals surface area contributed by atoms with Crippen LogP contribution in [0.2, 0.25) is 0 Å². The molecule has 0 bridgehead atoms. The van der Waals surface area contributed by atoms with Gasteiger partial charge in [-0.3, -0.25) is 9.59 Å². The molecule has 78 valence electrons. The fraction of sp³-hybridized carbons (Fsp3) is 0.778. The van der Waals surface area contributed by atoms with Gasteiger partial charge < -0.3 is 15.3 Å². The van der Waals surface area contributed by atoms with Crippen LogP contribution in [0.25, 0.3) is 0 Å². The van der Waals surface area contributed by atoms with Crippen LogP contribution >= 0.6 is 0 Å². The van der Waals surface area contributed by atoms with Gasteiger partial charge in [0.1, 0.15) is 6.54 Å². The number of aliphatic carboxylic acids is 1. The maximum absolute atomic E-state index is 11.8. The molecule has 1 aliphatic heterocycles. The molecule has 1 amide bonds. The molecule has 2 rings (SSSR count). The minimum Gasteiger partial charge on any atom is -0.480 e. The molecule has 0 aromatic rings. The lowest BCUT2D eigenvalue weighted by Gasteiger charge is -2.31. The summed E-state index contributed by atoms with van der Waals surface area (Å²) in [5.41, 5.74) is 0. The van der Waals surface area contributed by atoms with E-state index in [1.165, 1.54) is 4.90 Å². The second-order valence-corrected chi connectivity index (χ2v) is 3.95. The smallest absolute Gasteiger partial charge is 0.323 e. The highest BCUT2D eigenvalue weighted by molar-refractivity contribution is 5.84. The fourth-order valence-corrected chi connectivity index (χ4v) is 1.62. The third-order valence-corrected chi connectivity index (χ3v) is 2.71. The Labute approximate surface area is 82.1 Å². The molecule has 0 aromatic heterocycles. The maximum Gasteiger partial charge on any atom is 0.323 e. The first-order valence-corrected chi connectivity index (χ1v) is 4.91. The van der Waals surface area contributed by atoms with Crippen LogP contribution in [-0.4, -0.2) is 47.6 Å². The lowest BCUT2D eigenvalue weighted by atomic mass is 10.0. The Morgan fingerprint density at radius 3 is 2.36 bits per heavy atom. The molecule has 1 saturated heterocycles. The average Bonchev–Trinajstić information content (AvgIpc) is 2.78. The Morgan fingerprint density at radius 1 is 1.36 bits per heavy atom. The van der Waals surface area contributed by atoms with Crippen LogP contribution < -0.4 is 5.32 Å². The van der Waals surface area contributed by atoms with Crippen molar-refractivity contribution in [2.45, 2.75) is 18.9 Å². The van der Waals surface area contributed by atoms with Crippen molar-refractivity contribution < 1.29 is 14.7 Å². The zero-order valence-corrected chi connectivity index (χ0v) is 7.90. The van der Waals surface area contributed by atoms with Crippen LogP contribution in [0, 0.1) is 5.92 Å². The highest BCUT2D eigenvalue weighted by Gasteiger charge is 2.38. The summed E-state index contributed by atoms with van der Waals surface area (Å²) < 4.78 is 0. The van der Waals surface area contributed by atoms with Gasteiger partial charge in [0.05, 0.1) is 5.92 Å². The minimum atomic E-state index is -0.919. The van der Waals surface area contributed by atoms with Gasteiger partial charge in [-0.2, -0.15) is 0 Å². The van der Waals surface area contributed by atoms with Crippen LogP contribution in [-0.2, 0) is 9.59 Å². The summed E-state index contributed by atoms with van der Waals surface area (Å²) in [5, 5.41) is 11.7. The predicted molar refractivity (Wildman–Crippen MR) is 48.7 cm³/mol. The van der Waals surface area contributed by atoms with Crippen molar-refractivity contribution in [2.75, 3.05) is 19.6 Å². The molecule has 1 saturated carbocycles. The van der Waals surface area contributed by atoms with Crippen molar-refractivity contribution in [3.05, 3.63) is 0 Å². The SMILES string of the molecule is O=C(O)CN(C(=O)C1CNC1)C1CC1. The minimum absolute atomic E-state index is 0.00801. The summed E-state index contributed by atoms with van der Waals surface area (Å²) in [6, 6.07) is 0.194. The van der Waals surface area contributed by atoms with Crippen LogP contribution in [0.4, 0.5) is 0 Å². The number of hydrogen-bond acceptors (Lipinski definition) is 3. The number of carbonyl (C=O) groups excluding carboxylic acids is 1. The van der Waals surface area contributed by atoms with Crippen molar-refractivity contribution in [3.8, 4) is 0 Å². The highest BCUT2D eigenvalue weighted by Crippen LogP contribution is 2.28. The molecule has 2 fully saturated rings. The lowest BCUT2D eigenvalue weighted by molar-refractivity contribution is -0.147. The first-order valence-electron chi connectivity index (χ1n) is 4.91. The summed E-state index contributed by atoms with van der Waals surface area (Å²) in [6.45, 7) is 1.25. The number of nitrogens with zero attached hydrogens (tertiary/aromatic N) is 1. The maximum atomic E-state index is 11.8. The Bertz CT molecular complexity index is 259. The van der Waals surface area contributed by atoms with Crippen LogP contribution in [0.1, 0.15) is 12.8 Å². The molecule has 2 aliphatic rings. The van der Waals surface area contributed by atoms with E-state index in [1.807, 2.05) is 0 Å². The van der Waals surface area contributed by atoms with E-state index < -0.39 is 5.97 Å². The Balaban J connectivity index is 1.94. The Morgan fingerprint density at radius 2 is 2.00 bits per heavy atom. The molecule has 0 radical (unpaired) electrons. The van der Waals surface area contributed by atoms with Gasteiger partial charge in [-0.15, -0.1) is 0 Å². The number of hydrogen-bond donors (Lipinski definition) is 2. The number of carbonyl (C=O) groups is 2. The molecule has 1 aliphatic carbocycles. The summed E-state index contributed by atoms with van der Waals surface area (Å²) in [7, 11) is 0. The van der Waals surface area contributed by atoms with Crippen LogP contribution in [0.15, 0.2) is 0 Å². The molecule has 2 N–H and O–H groups in total.